The molecule has 0 saturated carbocycles. The highest BCUT2D eigenvalue weighted by molar-refractivity contribution is 5.88. The third-order valence-corrected chi connectivity index (χ3v) is 3.27. The Bertz CT molecular complexity index is 678. The maximum absolute atomic E-state index is 11.9. The van der Waals surface area contributed by atoms with Crippen molar-refractivity contribution in [1.82, 2.24) is 9.55 Å². The lowest BCUT2D eigenvalue weighted by atomic mass is 10.2. The zero-order valence-corrected chi connectivity index (χ0v) is 11.9. The summed E-state index contributed by atoms with van der Waals surface area (Å²) in [7, 11) is 1.12. The maximum atomic E-state index is 11.9. The van der Waals surface area contributed by atoms with Gasteiger partial charge in [-0.25, -0.2) is 9.59 Å². The normalized spacial score (nSPS) is 24.0. The summed E-state index contributed by atoms with van der Waals surface area (Å²) in [6, 6.07) is 0. The number of hydrogen-bond donors (Lipinski definition) is 2. The SMILES string of the molecule is C=COC[C@H]1OC(n2cc(C(=O)OC)c(=O)[nH]c2=O)C[C@@H]1O. The van der Waals surface area contributed by atoms with Crippen LogP contribution < -0.4 is 11.2 Å². The summed E-state index contributed by atoms with van der Waals surface area (Å²) in [6.07, 6.45) is 0.0407. The minimum absolute atomic E-state index is 0.0725. The molecule has 0 spiro atoms. The Hall–Kier alpha value is -2.39. The molecule has 0 bridgehead atoms. The van der Waals surface area contributed by atoms with Crippen LogP contribution in [0.2, 0.25) is 0 Å². The fourth-order valence-corrected chi connectivity index (χ4v) is 2.15. The molecule has 9 nitrogen and oxygen atoms in total. The van der Waals surface area contributed by atoms with Gasteiger partial charge in [0.1, 0.15) is 24.5 Å². The smallest absolute Gasteiger partial charge is 0.345 e. The molecule has 0 amide bonds. The number of ether oxygens (including phenoxy) is 3. The number of esters is 1. The third kappa shape index (κ3) is 3.10. The van der Waals surface area contributed by atoms with E-state index in [2.05, 4.69) is 11.3 Å². The average Bonchev–Trinajstić information content (AvgIpc) is 2.85. The zero-order valence-electron chi connectivity index (χ0n) is 11.9. The molecule has 0 radical (unpaired) electrons. The number of aromatic amines is 1. The topological polar surface area (TPSA) is 120 Å². The van der Waals surface area contributed by atoms with E-state index in [4.69, 9.17) is 9.47 Å². The standard InChI is InChI=1S/C13H16N2O7/c1-3-21-6-9-8(16)4-10(22-9)15-5-7(12(18)20-2)11(17)14-13(15)19/h3,5,8-10,16H,1,4,6H2,2H3,(H,14,17,19)/t8-,9+,10?/m0/s1. The Morgan fingerprint density at radius 2 is 2.36 bits per heavy atom. The Kier molecular flexibility index (Phi) is 4.78. The number of carbonyl (C=O) groups is 1. The molecule has 9 heteroatoms. The first-order valence-corrected chi connectivity index (χ1v) is 6.47. The molecule has 2 heterocycles. The van der Waals surface area contributed by atoms with E-state index in [-0.39, 0.29) is 18.6 Å². The van der Waals surface area contributed by atoms with Crippen LogP contribution >= 0.6 is 0 Å². The Morgan fingerprint density at radius 3 is 3.00 bits per heavy atom. The monoisotopic (exact) mass is 312 g/mol. The molecule has 2 N–H and O–H groups in total. The number of hydrogen-bond acceptors (Lipinski definition) is 7. The van der Waals surface area contributed by atoms with Gasteiger partial charge in [0.25, 0.3) is 5.56 Å². The van der Waals surface area contributed by atoms with Gasteiger partial charge in [0, 0.05) is 12.6 Å². The van der Waals surface area contributed by atoms with Crippen molar-refractivity contribution in [2.75, 3.05) is 13.7 Å². The van der Waals surface area contributed by atoms with Gasteiger partial charge in [0.05, 0.1) is 19.5 Å². The van der Waals surface area contributed by atoms with Crippen LogP contribution in [-0.4, -0.2) is 46.6 Å². The van der Waals surface area contributed by atoms with Crippen molar-refractivity contribution in [1.29, 1.82) is 0 Å². The molecule has 1 unspecified atom stereocenters. The predicted molar refractivity (Wildman–Crippen MR) is 73.3 cm³/mol. The van der Waals surface area contributed by atoms with Crippen LogP contribution in [0, 0.1) is 0 Å². The van der Waals surface area contributed by atoms with Crippen molar-refractivity contribution in [2.24, 2.45) is 0 Å². The molecular weight excluding hydrogens is 296 g/mol. The molecule has 3 atom stereocenters. The highest BCUT2D eigenvalue weighted by Gasteiger charge is 2.36. The number of nitrogens with one attached hydrogen (secondary N) is 1. The lowest BCUT2D eigenvalue weighted by molar-refractivity contribution is -0.0485. The minimum atomic E-state index is -0.875. The predicted octanol–water partition coefficient (Wildman–Crippen LogP) is -0.868. The molecular formula is C13H16N2O7. The first-order chi connectivity index (χ1) is 10.5. The molecule has 2 rings (SSSR count). The van der Waals surface area contributed by atoms with E-state index >= 15 is 0 Å². The summed E-state index contributed by atoms with van der Waals surface area (Å²) in [5.74, 6) is -0.875. The average molecular weight is 312 g/mol. The second kappa shape index (κ2) is 6.58. The number of aliphatic hydroxyl groups is 1. The first kappa shape index (κ1) is 16.0. The van der Waals surface area contributed by atoms with Crippen molar-refractivity contribution >= 4 is 5.97 Å². The molecule has 120 valence electrons. The number of H-pyrrole nitrogens is 1. The van der Waals surface area contributed by atoms with Crippen LogP contribution in [0.1, 0.15) is 23.0 Å². The summed E-state index contributed by atoms with van der Waals surface area (Å²) < 4.78 is 16.0. The van der Waals surface area contributed by atoms with Crippen LogP contribution in [0.25, 0.3) is 0 Å². The molecule has 1 aliphatic rings. The largest absolute Gasteiger partial charge is 0.499 e. The van der Waals surface area contributed by atoms with E-state index in [1.165, 1.54) is 6.26 Å². The van der Waals surface area contributed by atoms with E-state index < -0.39 is 35.7 Å². The molecule has 1 saturated heterocycles. The number of rotatable bonds is 5. The summed E-state index contributed by atoms with van der Waals surface area (Å²) in [5, 5.41) is 9.90. The van der Waals surface area contributed by atoms with Crippen molar-refractivity contribution in [2.45, 2.75) is 24.9 Å². The van der Waals surface area contributed by atoms with Crippen LogP contribution in [0.15, 0.2) is 28.6 Å². The Balaban J connectivity index is 2.29. The van der Waals surface area contributed by atoms with Gasteiger partial charge < -0.3 is 19.3 Å². The van der Waals surface area contributed by atoms with Gasteiger partial charge in [-0.1, -0.05) is 6.58 Å². The summed E-state index contributed by atoms with van der Waals surface area (Å²) in [5.41, 5.74) is -1.93. The van der Waals surface area contributed by atoms with Crippen LogP contribution in [-0.2, 0) is 14.2 Å². The minimum Gasteiger partial charge on any atom is -0.499 e. The summed E-state index contributed by atoms with van der Waals surface area (Å²) >= 11 is 0. The number of aromatic nitrogens is 2. The number of aliphatic hydroxyl groups excluding tert-OH is 1. The number of nitrogens with zero attached hydrogens (tertiary/aromatic N) is 1. The molecule has 22 heavy (non-hydrogen) atoms. The Labute approximate surface area is 124 Å². The van der Waals surface area contributed by atoms with Crippen LogP contribution in [0.3, 0.4) is 0 Å². The molecule has 1 fully saturated rings. The van der Waals surface area contributed by atoms with Crippen LogP contribution in [0.5, 0.6) is 0 Å². The molecule has 0 aliphatic carbocycles. The van der Waals surface area contributed by atoms with E-state index in [1.807, 2.05) is 4.98 Å². The lowest BCUT2D eigenvalue weighted by Crippen LogP contribution is -2.35. The van der Waals surface area contributed by atoms with E-state index in [1.54, 1.807) is 0 Å². The highest BCUT2D eigenvalue weighted by atomic mass is 16.6. The fraction of sp³-hybridized carbons (Fsp3) is 0.462. The maximum Gasteiger partial charge on any atom is 0.345 e. The van der Waals surface area contributed by atoms with Gasteiger partial charge in [-0.2, -0.15) is 0 Å². The molecule has 1 aliphatic heterocycles. The summed E-state index contributed by atoms with van der Waals surface area (Å²) in [6.45, 7) is 3.45. The second-order valence-electron chi connectivity index (χ2n) is 4.63. The molecule has 1 aromatic heterocycles. The van der Waals surface area contributed by atoms with Crippen molar-refractivity contribution < 1.29 is 24.1 Å². The first-order valence-electron chi connectivity index (χ1n) is 6.47. The number of carbonyl (C=O) groups excluding carboxylic acids is 1. The van der Waals surface area contributed by atoms with E-state index in [0.29, 0.717) is 0 Å². The number of methoxy groups -OCH3 is 1. The van der Waals surface area contributed by atoms with Gasteiger partial charge in [0.2, 0.25) is 0 Å². The molecule has 1 aromatic rings. The van der Waals surface area contributed by atoms with E-state index in [0.717, 1.165) is 17.9 Å². The van der Waals surface area contributed by atoms with Gasteiger partial charge in [-0.15, -0.1) is 0 Å². The van der Waals surface area contributed by atoms with Gasteiger partial charge in [-0.3, -0.25) is 14.3 Å². The van der Waals surface area contributed by atoms with Gasteiger partial charge >= 0.3 is 11.7 Å². The van der Waals surface area contributed by atoms with Gasteiger partial charge in [0.15, 0.2) is 0 Å². The Morgan fingerprint density at radius 1 is 1.64 bits per heavy atom. The second-order valence-corrected chi connectivity index (χ2v) is 4.63. The van der Waals surface area contributed by atoms with Gasteiger partial charge in [-0.05, 0) is 0 Å². The quantitative estimate of drug-likeness (QED) is 0.535. The van der Waals surface area contributed by atoms with Crippen molar-refractivity contribution in [3.63, 3.8) is 0 Å². The highest BCUT2D eigenvalue weighted by Crippen LogP contribution is 2.27. The van der Waals surface area contributed by atoms with E-state index in [9.17, 15) is 19.5 Å². The molecule has 0 aromatic carbocycles. The summed E-state index contributed by atoms with van der Waals surface area (Å²) in [4.78, 5) is 37.0. The van der Waals surface area contributed by atoms with Crippen LogP contribution in [0.4, 0.5) is 0 Å². The third-order valence-electron chi connectivity index (χ3n) is 3.27. The van der Waals surface area contributed by atoms with Crippen molar-refractivity contribution in [3.8, 4) is 0 Å². The fourth-order valence-electron chi connectivity index (χ4n) is 2.15. The zero-order chi connectivity index (χ0) is 16.3. The van der Waals surface area contributed by atoms with Crippen molar-refractivity contribution in [3.05, 3.63) is 45.4 Å². The lowest BCUT2D eigenvalue weighted by Gasteiger charge is -2.16.